The van der Waals surface area contributed by atoms with Gasteiger partial charge in [-0.2, -0.15) is 8.78 Å². The number of nitrogens with zero attached hydrogens (tertiary/aromatic N) is 1. The van der Waals surface area contributed by atoms with Crippen LogP contribution in [0, 0.1) is 0 Å². The number of amides is 2. The lowest BCUT2D eigenvalue weighted by molar-refractivity contribution is -0.136. The second kappa shape index (κ2) is 8.44. The van der Waals surface area contributed by atoms with Crippen molar-refractivity contribution in [1.29, 1.82) is 0 Å². The maximum Gasteiger partial charge on any atom is 0.387 e. The highest BCUT2D eigenvalue weighted by Crippen LogP contribution is 2.23. The van der Waals surface area contributed by atoms with Crippen LogP contribution in [0.1, 0.15) is 31.2 Å². The first-order valence-corrected chi connectivity index (χ1v) is 8.75. The number of halogens is 2. The van der Waals surface area contributed by atoms with Gasteiger partial charge in [0.25, 0.3) is 0 Å². The minimum absolute atomic E-state index is 0.0480. The molecule has 2 heterocycles. The van der Waals surface area contributed by atoms with Crippen molar-refractivity contribution in [2.45, 2.75) is 51.0 Å². The predicted octanol–water partition coefficient (Wildman–Crippen LogP) is 2.07. The number of hydrogen-bond donors (Lipinski definition) is 1. The number of nitrogens with one attached hydrogen (secondary N) is 1. The van der Waals surface area contributed by atoms with Gasteiger partial charge in [0.05, 0.1) is 6.10 Å². The molecule has 0 spiro atoms. The molecule has 2 fully saturated rings. The average molecular weight is 368 g/mol. The van der Waals surface area contributed by atoms with Gasteiger partial charge < -0.3 is 19.7 Å². The lowest BCUT2D eigenvalue weighted by atomic mass is 10.1. The molecule has 0 aliphatic carbocycles. The first-order chi connectivity index (χ1) is 12.5. The van der Waals surface area contributed by atoms with Crippen LogP contribution < -0.4 is 10.1 Å². The van der Waals surface area contributed by atoms with Crippen molar-refractivity contribution in [2.24, 2.45) is 0 Å². The van der Waals surface area contributed by atoms with Gasteiger partial charge in [0.2, 0.25) is 11.8 Å². The molecule has 0 aromatic heterocycles. The van der Waals surface area contributed by atoms with Crippen LogP contribution in [-0.4, -0.2) is 48.6 Å². The molecule has 0 saturated carbocycles. The molecule has 0 bridgehead atoms. The van der Waals surface area contributed by atoms with Gasteiger partial charge in [0.1, 0.15) is 11.8 Å². The number of carbonyl (C=O) groups excluding carboxylic acids is 2. The minimum Gasteiger partial charge on any atom is -0.435 e. The van der Waals surface area contributed by atoms with E-state index in [-0.39, 0.29) is 30.2 Å². The Bertz CT molecular complexity index is 633. The maximum absolute atomic E-state index is 12.5. The molecule has 26 heavy (non-hydrogen) atoms. The Hall–Kier alpha value is -2.22. The Kier molecular flexibility index (Phi) is 6.03. The second-order valence-electron chi connectivity index (χ2n) is 6.48. The van der Waals surface area contributed by atoms with Crippen molar-refractivity contribution in [3.05, 3.63) is 29.8 Å². The lowest BCUT2D eigenvalue weighted by Crippen LogP contribution is -2.46. The summed E-state index contributed by atoms with van der Waals surface area (Å²) < 4.78 is 34.2. The van der Waals surface area contributed by atoms with E-state index >= 15 is 0 Å². The maximum atomic E-state index is 12.5. The molecule has 142 valence electrons. The van der Waals surface area contributed by atoms with Crippen LogP contribution in [0.5, 0.6) is 5.75 Å². The summed E-state index contributed by atoms with van der Waals surface area (Å²) in [4.78, 5) is 26.2. The molecule has 3 rings (SSSR count). The fraction of sp³-hybridized carbons (Fsp3) is 0.556. The van der Waals surface area contributed by atoms with Crippen molar-refractivity contribution in [1.82, 2.24) is 10.2 Å². The minimum atomic E-state index is -2.88. The molecular formula is C18H22F2N2O4. The Morgan fingerprint density at radius 2 is 2.08 bits per heavy atom. The van der Waals surface area contributed by atoms with Gasteiger partial charge in [0.15, 0.2) is 0 Å². The van der Waals surface area contributed by atoms with Gasteiger partial charge in [-0.1, -0.05) is 12.1 Å². The zero-order chi connectivity index (χ0) is 18.5. The molecule has 1 N–H and O–H groups in total. The highest BCUT2D eigenvalue weighted by molar-refractivity contribution is 5.90. The highest BCUT2D eigenvalue weighted by Gasteiger charge is 2.36. The summed E-state index contributed by atoms with van der Waals surface area (Å²) in [7, 11) is 0. The van der Waals surface area contributed by atoms with Gasteiger partial charge in [-0.15, -0.1) is 0 Å². The smallest absolute Gasteiger partial charge is 0.387 e. The van der Waals surface area contributed by atoms with Crippen molar-refractivity contribution >= 4 is 11.8 Å². The number of hydrogen-bond acceptors (Lipinski definition) is 4. The van der Waals surface area contributed by atoms with Crippen molar-refractivity contribution in [3.63, 3.8) is 0 Å². The summed E-state index contributed by atoms with van der Waals surface area (Å²) in [6.45, 7) is -1.44. The van der Waals surface area contributed by atoms with Gasteiger partial charge >= 0.3 is 6.61 Å². The summed E-state index contributed by atoms with van der Waals surface area (Å²) in [6, 6.07) is 5.57. The van der Waals surface area contributed by atoms with Crippen LogP contribution in [-0.2, 0) is 20.9 Å². The SMILES string of the molecule is O=C(NC[C@@H]1CCCO1)[C@H]1CCC(=O)N1Cc1ccc(OC(F)F)cc1. The number of ether oxygens (including phenoxy) is 2. The molecule has 6 nitrogen and oxygen atoms in total. The topological polar surface area (TPSA) is 67.9 Å². The second-order valence-corrected chi connectivity index (χ2v) is 6.48. The van der Waals surface area contributed by atoms with E-state index in [0.717, 1.165) is 25.0 Å². The monoisotopic (exact) mass is 368 g/mol. The van der Waals surface area contributed by atoms with Crippen LogP contribution in [0.25, 0.3) is 0 Å². The van der Waals surface area contributed by atoms with Crippen molar-refractivity contribution < 1.29 is 27.8 Å². The van der Waals surface area contributed by atoms with E-state index in [1.54, 1.807) is 12.1 Å². The molecule has 1 aromatic rings. The summed E-state index contributed by atoms with van der Waals surface area (Å²) in [5, 5.41) is 2.87. The van der Waals surface area contributed by atoms with Gasteiger partial charge in [-0.3, -0.25) is 9.59 Å². The summed E-state index contributed by atoms with van der Waals surface area (Å²) in [5.74, 6) is -0.207. The number of benzene rings is 1. The third kappa shape index (κ3) is 4.69. The van der Waals surface area contributed by atoms with Crippen molar-refractivity contribution in [2.75, 3.05) is 13.2 Å². The number of alkyl halides is 2. The van der Waals surface area contributed by atoms with Crippen LogP contribution >= 0.6 is 0 Å². The van der Waals surface area contributed by atoms with E-state index in [1.807, 2.05) is 0 Å². The molecule has 8 heteroatoms. The molecule has 1 aromatic carbocycles. The van der Waals surface area contributed by atoms with E-state index < -0.39 is 12.7 Å². The summed E-state index contributed by atoms with van der Waals surface area (Å²) >= 11 is 0. The van der Waals surface area contributed by atoms with Crippen molar-refractivity contribution in [3.8, 4) is 5.75 Å². The van der Waals surface area contributed by atoms with Crippen LogP contribution in [0.2, 0.25) is 0 Å². The third-order valence-corrected chi connectivity index (χ3v) is 4.66. The first-order valence-electron chi connectivity index (χ1n) is 8.75. The first kappa shape index (κ1) is 18.6. The third-order valence-electron chi connectivity index (χ3n) is 4.66. The Morgan fingerprint density at radius 3 is 2.73 bits per heavy atom. The molecule has 2 aliphatic heterocycles. The van der Waals surface area contributed by atoms with Crippen LogP contribution in [0.3, 0.4) is 0 Å². The van der Waals surface area contributed by atoms with Crippen LogP contribution in [0.4, 0.5) is 8.78 Å². The quantitative estimate of drug-likeness (QED) is 0.800. The lowest BCUT2D eigenvalue weighted by Gasteiger charge is -2.25. The Balaban J connectivity index is 1.57. The molecule has 2 aliphatic rings. The highest BCUT2D eigenvalue weighted by atomic mass is 19.3. The Labute approximate surface area is 150 Å². The molecule has 0 unspecified atom stereocenters. The summed E-state index contributed by atoms with van der Waals surface area (Å²) in [6.07, 6.45) is 2.78. The fourth-order valence-electron chi connectivity index (χ4n) is 3.32. The molecule has 0 radical (unpaired) electrons. The fourth-order valence-corrected chi connectivity index (χ4v) is 3.32. The zero-order valence-corrected chi connectivity index (χ0v) is 14.3. The zero-order valence-electron chi connectivity index (χ0n) is 14.3. The van der Waals surface area contributed by atoms with E-state index in [1.165, 1.54) is 17.0 Å². The van der Waals surface area contributed by atoms with E-state index in [0.29, 0.717) is 19.4 Å². The normalized spacial score (nSPS) is 22.9. The molecular weight excluding hydrogens is 346 g/mol. The predicted molar refractivity (Wildman–Crippen MR) is 88.6 cm³/mol. The summed E-state index contributed by atoms with van der Waals surface area (Å²) in [5.41, 5.74) is 0.749. The Morgan fingerprint density at radius 1 is 1.31 bits per heavy atom. The van der Waals surface area contributed by atoms with E-state index in [9.17, 15) is 18.4 Å². The largest absolute Gasteiger partial charge is 0.435 e. The molecule has 2 saturated heterocycles. The number of rotatable bonds is 7. The van der Waals surface area contributed by atoms with E-state index in [2.05, 4.69) is 10.1 Å². The van der Waals surface area contributed by atoms with Gasteiger partial charge in [0, 0.05) is 26.1 Å². The number of carbonyl (C=O) groups is 2. The number of likely N-dealkylation sites (tertiary alicyclic amines) is 1. The standard InChI is InChI=1S/C18H22F2N2O4/c19-18(20)26-13-5-3-12(4-6-13)11-22-15(7-8-16(22)23)17(24)21-10-14-2-1-9-25-14/h3-6,14-15,18H,1-2,7-11H2,(H,21,24)/t14-,15+/m0/s1. The van der Waals surface area contributed by atoms with E-state index in [4.69, 9.17) is 4.74 Å². The van der Waals surface area contributed by atoms with Crippen LogP contribution in [0.15, 0.2) is 24.3 Å². The average Bonchev–Trinajstić information content (AvgIpc) is 3.25. The molecule has 2 atom stereocenters. The van der Waals surface area contributed by atoms with Gasteiger partial charge in [-0.05, 0) is 37.0 Å². The molecule has 2 amide bonds. The van der Waals surface area contributed by atoms with Gasteiger partial charge in [-0.25, -0.2) is 0 Å².